The smallest absolute Gasteiger partial charge is 0.319 e. The minimum atomic E-state index is -0.216. The molecule has 0 aliphatic heterocycles. The maximum absolute atomic E-state index is 11.4. The molecule has 0 unspecified atom stereocenters. The predicted molar refractivity (Wildman–Crippen MR) is 76.4 cm³/mol. The molecule has 1 N–H and O–H groups in total. The standard InChI is InChI=1S/C14H18BrNO3/c1-3-19-13(17)8-16-11-5-4-9-6-10(15)7-12(18-2)14(9)11/h6-7,11,16H,3-5,8H2,1-2H3/t11-/m1/s1. The molecule has 4 nitrogen and oxygen atoms in total. The summed E-state index contributed by atoms with van der Waals surface area (Å²) in [4.78, 5) is 11.4. The summed E-state index contributed by atoms with van der Waals surface area (Å²) in [6.45, 7) is 2.46. The molecule has 0 saturated heterocycles. The van der Waals surface area contributed by atoms with E-state index in [1.807, 2.05) is 13.0 Å². The lowest BCUT2D eigenvalue weighted by atomic mass is 10.1. The Hall–Kier alpha value is -1.07. The Kier molecular flexibility index (Phi) is 4.82. The molecule has 1 aromatic rings. The minimum Gasteiger partial charge on any atom is -0.496 e. The molecule has 1 aliphatic rings. The van der Waals surface area contributed by atoms with Crippen molar-refractivity contribution in [2.24, 2.45) is 0 Å². The molecule has 0 amide bonds. The van der Waals surface area contributed by atoms with E-state index >= 15 is 0 Å². The molecular formula is C14H18BrNO3. The molecule has 0 heterocycles. The Morgan fingerprint density at radius 3 is 3.00 bits per heavy atom. The maximum Gasteiger partial charge on any atom is 0.319 e. The van der Waals surface area contributed by atoms with Gasteiger partial charge < -0.3 is 9.47 Å². The molecule has 1 aromatic carbocycles. The third-order valence-electron chi connectivity index (χ3n) is 3.26. The van der Waals surface area contributed by atoms with Gasteiger partial charge in [0.1, 0.15) is 5.75 Å². The zero-order valence-corrected chi connectivity index (χ0v) is 12.7. The predicted octanol–water partition coefficient (Wildman–Crippen LogP) is 2.60. The number of methoxy groups -OCH3 is 1. The lowest BCUT2D eigenvalue weighted by Crippen LogP contribution is -2.28. The number of ether oxygens (including phenoxy) is 2. The summed E-state index contributed by atoms with van der Waals surface area (Å²) in [6, 6.07) is 4.23. The van der Waals surface area contributed by atoms with Gasteiger partial charge in [-0.05, 0) is 37.5 Å². The first-order chi connectivity index (χ1) is 9.15. The fourth-order valence-electron chi connectivity index (χ4n) is 2.49. The second-order valence-electron chi connectivity index (χ2n) is 4.46. The van der Waals surface area contributed by atoms with Crippen molar-refractivity contribution in [3.8, 4) is 5.75 Å². The number of hydrogen-bond acceptors (Lipinski definition) is 4. The molecule has 0 spiro atoms. The summed E-state index contributed by atoms with van der Waals surface area (Å²) >= 11 is 3.48. The third kappa shape index (κ3) is 3.28. The lowest BCUT2D eigenvalue weighted by Gasteiger charge is -2.16. The van der Waals surface area contributed by atoms with E-state index in [1.165, 1.54) is 5.56 Å². The van der Waals surface area contributed by atoms with E-state index in [0.29, 0.717) is 6.61 Å². The Balaban J connectivity index is 2.10. The lowest BCUT2D eigenvalue weighted by molar-refractivity contribution is -0.142. The molecule has 5 heteroatoms. The van der Waals surface area contributed by atoms with Gasteiger partial charge in [-0.2, -0.15) is 0 Å². The second kappa shape index (κ2) is 6.39. The van der Waals surface area contributed by atoms with Crippen molar-refractivity contribution in [2.45, 2.75) is 25.8 Å². The highest BCUT2D eigenvalue weighted by molar-refractivity contribution is 9.10. The molecule has 2 rings (SSSR count). The van der Waals surface area contributed by atoms with Gasteiger partial charge in [0.15, 0.2) is 0 Å². The topological polar surface area (TPSA) is 47.6 Å². The highest BCUT2D eigenvalue weighted by Gasteiger charge is 2.27. The number of benzene rings is 1. The van der Waals surface area contributed by atoms with E-state index in [1.54, 1.807) is 7.11 Å². The van der Waals surface area contributed by atoms with Crippen molar-refractivity contribution in [1.82, 2.24) is 5.32 Å². The van der Waals surface area contributed by atoms with Crippen molar-refractivity contribution >= 4 is 21.9 Å². The summed E-state index contributed by atoms with van der Waals surface area (Å²) < 4.78 is 11.4. The number of halogens is 1. The molecule has 0 saturated carbocycles. The van der Waals surface area contributed by atoms with Crippen LogP contribution in [-0.2, 0) is 16.0 Å². The van der Waals surface area contributed by atoms with Crippen LogP contribution >= 0.6 is 15.9 Å². The van der Waals surface area contributed by atoms with Gasteiger partial charge in [-0.1, -0.05) is 15.9 Å². The fraction of sp³-hybridized carbons (Fsp3) is 0.500. The summed E-state index contributed by atoms with van der Waals surface area (Å²) in [6.07, 6.45) is 1.97. The Morgan fingerprint density at radius 1 is 1.53 bits per heavy atom. The van der Waals surface area contributed by atoms with Crippen molar-refractivity contribution in [3.63, 3.8) is 0 Å². The summed E-state index contributed by atoms with van der Waals surface area (Å²) in [5.74, 6) is 0.648. The van der Waals surface area contributed by atoms with Gasteiger partial charge in [-0.3, -0.25) is 10.1 Å². The van der Waals surface area contributed by atoms with Gasteiger partial charge >= 0.3 is 5.97 Å². The molecule has 0 bridgehead atoms. The van der Waals surface area contributed by atoms with Crippen LogP contribution in [0.25, 0.3) is 0 Å². The van der Waals surface area contributed by atoms with Crippen LogP contribution in [0.4, 0.5) is 0 Å². The maximum atomic E-state index is 11.4. The van der Waals surface area contributed by atoms with Crippen molar-refractivity contribution in [1.29, 1.82) is 0 Å². The fourth-order valence-corrected chi connectivity index (χ4v) is 2.97. The van der Waals surface area contributed by atoms with Crippen molar-refractivity contribution in [3.05, 3.63) is 27.7 Å². The largest absolute Gasteiger partial charge is 0.496 e. The van der Waals surface area contributed by atoms with Gasteiger partial charge in [-0.25, -0.2) is 0 Å². The van der Waals surface area contributed by atoms with Gasteiger partial charge in [0.2, 0.25) is 0 Å². The number of rotatable bonds is 5. The molecule has 0 aromatic heterocycles. The van der Waals surface area contributed by atoms with Gasteiger partial charge in [0.25, 0.3) is 0 Å². The molecule has 104 valence electrons. The SMILES string of the molecule is CCOC(=O)CN[C@@H]1CCc2cc(Br)cc(OC)c21. The number of aryl methyl sites for hydroxylation is 1. The van der Waals surface area contributed by atoms with E-state index in [-0.39, 0.29) is 18.6 Å². The number of carbonyl (C=O) groups excluding carboxylic acids is 1. The summed E-state index contributed by atoms with van der Waals surface area (Å²) in [5.41, 5.74) is 2.43. The normalized spacial score (nSPS) is 17.1. The molecule has 1 aliphatic carbocycles. The number of carbonyl (C=O) groups is 1. The van der Waals surface area contributed by atoms with Crippen molar-refractivity contribution in [2.75, 3.05) is 20.3 Å². The zero-order chi connectivity index (χ0) is 13.8. The van der Waals surface area contributed by atoms with Crippen LogP contribution in [-0.4, -0.2) is 26.2 Å². The van der Waals surface area contributed by atoms with Crippen LogP contribution in [0, 0.1) is 0 Å². The van der Waals surface area contributed by atoms with E-state index in [9.17, 15) is 4.79 Å². The van der Waals surface area contributed by atoms with E-state index < -0.39 is 0 Å². The summed E-state index contributed by atoms with van der Waals surface area (Å²) in [5, 5.41) is 3.25. The van der Waals surface area contributed by atoms with Crippen LogP contribution in [0.5, 0.6) is 5.75 Å². The number of fused-ring (bicyclic) bond motifs is 1. The van der Waals surface area contributed by atoms with Gasteiger partial charge in [0.05, 0.1) is 20.3 Å². The Bertz CT molecular complexity index is 476. The number of hydrogen-bond donors (Lipinski definition) is 1. The first-order valence-electron chi connectivity index (χ1n) is 6.41. The minimum absolute atomic E-state index is 0.155. The molecule has 0 radical (unpaired) electrons. The first kappa shape index (κ1) is 14.3. The van der Waals surface area contributed by atoms with Gasteiger partial charge in [0, 0.05) is 16.1 Å². The third-order valence-corrected chi connectivity index (χ3v) is 3.72. The van der Waals surface area contributed by atoms with Crippen LogP contribution in [0.1, 0.15) is 30.5 Å². The van der Waals surface area contributed by atoms with Crippen LogP contribution < -0.4 is 10.1 Å². The first-order valence-corrected chi connectivity index (χ1v) is 7.20. The Morgan fingerprint density at radius 2 is 2.32 bits per heavy atom. The van der Waals surface area contributed by atoms with Crippen molar-refractivity contribution < 1.29 is 14.3 Å². The highest BCUT2D eigenvalue weighted by atomic mass is 79.9. The average molecular weight is 328 g/mol. The quantitative estimate of drug-likeness (QED) is 0.844. The van der Waals surface area contributed by atoms with Gasteiger partial charge in [-0.15, -0.1) is 0 Å². The highest BCUT2D eigenvalue weighted by Crippen LogP contribution is 2.39. The molecule has 1 atom stereocenters. The molecule has 0 fully saturated rings. The van der Waals surface area contributed by atoms with Crippen LogP contribution in [0.2, 0.25) is 0 Å². The number of esters is 1. The zero-order valence-electron chi connectivity index (χ0n) is 11.2. The summed E-state index contributed by atoms with van der Waals surface area (Å²) in [7, 11) is 1.67. The van der Waals surface area contributed by atoms with E-state index in [0.717, 1.165) is 28.6 Å². The van der Waals surface area contributed by atoms with E-state index in [2.05, 4.69) is 27.3 Å². The molecule has 19 heavy (non-hydrogen) atoms. The van der Waals surface area contributed by atoms with Crippen LogP contribution in [0.3, 0.4) is 0 Å². The van der Waals surface area contributed by atoms with E-state index in [4.69, 9.17) is 9.47 Å². The Labute approximate surface area is 121 Å². The number of nitrogens with one attached hydrogen (secondary N) is 1. The molecular weight excluding hydrogens is 310 g/mol. The monoisotopic (exact) mass is 327 g/mol. The van der Waals surface area contributed by atoms with Crippen LogP contribution in [0.15, 0.2) is 16.6 Å². The average Bonchev–Trinajstić information content (AvgIpc) is 2.78. The second-order valence-corrected chi connectivity index (χ2v) is 5.37.